The zero-order valence-corrected chi connectivity index (χ0v) is 15.7. The highest BCUT2D eigenvalue weighted by Gasteiger charge is 2.50. The van der Waals surface area contributed by atoms with Crippen LogP contribution in [-0.4, -0.2) is 29.8 Å². The molecule has 2 atom stereocenters. The molecular formula is C23H22O5. The van der Waals surface area contributed by atoms with Crippen molar-refractivity contribution in [2.24, 2.45) is 0 Å². The van der Waals surface area contributed by atoms with Crippen molar-refractivity contribution in [1.82, 2.24) is 0 Å². The molecule has 0 saturated carbocycles. The molecule has 28 heavy (non-hydrogen) atoms. The van der Waals surface area contributed by atoms with E-state index in [1.807, 2.05) is 54.6 Å². The number of aliphatic hydroxyl groups is 1. The molecule has 0 saturated heterocycles. The summed E-state index contributed by atoms with van der Waals surface area (Å²) >= 11 is 0. The predicted octanol–water partition coefficient (Wildman–Crippen LogP) is 3.73. The van der Waals surface area contributed by atoms with E-state index < -0.39 is 17.7 Å². The second-order valence-electron chi connectivity index (χ2n) is 7.24. The number of esters is 1. The molecule has 0 spiro atoms. The first kappa shape index (κ1) is 18.4. The van der Waals surface area contributed by atoms with E-state index in [4.69, 9.17) is 9.47 Å². The van der Waals surface area contributed by atoms with Crippen LogP contribution in [0.1, 0.15) is 37.2 Å². The molecule has 0 radical (unpaired) electrons. The van der Waals surface area contributed by atoms with E-state index in [9.17, 15) is 14.7 Å². The smallest absolute Gasteiger partial charge is 0.379 e. The van der Waals surface area contributed by atoms with Gasteiger partial charge in [-0.15, -0.1) is 0 Å². The molecule has 2 aliphatic rings. The molecule has 5 heteroatoms. The summed E-state index contributed by atoms with van der Waals surface area (Å²) < 4.78 is 10.3. The number of ether oxygens (including phenoxy) is 2. The average molecular weight is 378 g/mol. The summed E-state index contributed by atoms with van der Waals surface area (Å²) in [4.78, 5) is 24.8. The van der Waals surface area contributed by atoms with Gasteiger partial charge in [0.1, 0.15) is 5.76 Å². The van der Waals surface area contributed by atoms with Crippen molar-refractivity contribution in [2.75, 3.05) is 7.11 Å². The first-order valence-corrected chi connectivity index (χ1v) is 9.43. The molecule has 144 valence electrons. The van der Waals surface area contributed by atoms with E-state index in [-0.39, 0.29) is 12.2 Å². The van der Waals surface area contributed by atoms with Crippen molar-refractivity contribution in [3.63, 3.8) is 0 Å². The molecule has 0 fully saturated rings. The predicted molar refractivity (Wildman–Crippen MR) is 103 cm³/mol. The van der Waals surface area contributed by atoms with E-state index in [0.717, 1.165) is 16.7 Å². The maximum absolute atomic E-state index is 12.6. The van der Waals surface area contributed by atoms with Crippen LogP contribution in [0.4, 0.5) is 0 Å². The second kappa shape index (κ2) is 7.24. The summed E-state index contributed by atoms with van der Waals surface area (Å²) in [6.45, 7) is 0. The lowest BCUT2D eigenvalue weighted by Gasteiger charge is -2.39. The Morgan fingerprint density at radius 3 is 2.43 bits per heavy atom. The van der Waals surface area contributed by atoms with E-state index in [1.165, 1.54) is 7.11 Å². The summed E-state index contributed by atoms with van der Waals surface area (Å²) in [7, 11) is 1.21. The van der Waals surface area contributed by atoms with Crippen LogP contribution in [0.2, 0.25) is 0 Å². The normalized spacial score (nSPS) is 24.4. The molecule has 1 heterocycles. The van der Waals surface area contributed by atoms with Crippen LogP contribution in [0.5, 0.6) is 0 Å². The molecule has 1 N–H and O–H groups in total. The topological polar surface area (TPSA) is 72.8 Å². The second-order valence-corrected chi connectivity index (χ2v) is 7.24. The summed E-state index contributed by atoms with van der Waals surface area (Å²) in [6, 6.07) is 17.9. The van der Waals surface area contributed by atoms with E-state index in [1.54, 1.807) is 0 Å². The number of methoxy groups -OCH3 is 1. The highest BCUT2D eigenvalue weighted by molar-refractivity contribution is 5.98. The average Bonchev–Trinajstić information content (AvgIpc) is 2.73. The van der Waals surface area contributed by atoms with Crippen molar-refractivity contribution in [3.8, 4) is 11.1 Å². The first-order chi connectivity index (χ1) is 13.5. The van der Waals surface area contributed by atoms with Gasteiger partial charge in [-0.25, -0.2) is 4.79 Å². The summed E-state index contributed by atoms with van der Waals surface area (Å²) in [5, 5.41) is 10.8. The molecule has 0 bridgehead atoms. The molecule has 0 aromatic heterocycles. The Morgan fingerprint density at radius 2 is 1.75 bits per heavy atom. The molecule has 2 aromatic carbocycles. The fraction of sp³-hybridized carbons (Fsp3) is 0.304. The van der Waals surface area contributed by atoms with Crippen molar-refractivity contribution in [2.45, 2.75) is 37.4 Å². The van der Waals surface area contributed by atoms with Crippen LogP contribution >= 0.6 is 0 Å². The Labute approximate surface area is 163 Å². The minimum absolute atomic E-state index is 0.0188. The quantitative estimate of drug-likeness (QED) is 0.824. The van der Waals surface area contributed by atoms with Gasteiger partial charge in [-0.05, 0) is 23.1 Å². The zero-order valence-electron chi connectivity index (χ0n) is 15.7. The Hall–Kier alpha value is -2.92. The number of hydrogen-bond acceptors (Lipinski definition) is 5. The number of ketones is 1. The van der Waals surface area contributed by atoms with Gasteiger partial charge < -0.3 is 14.6 Å². The van der Waals surface area contributed by atoms with Crippen molar-refractivity contribution >= 4 is 11.8 Å². The Kier molecular flexibility index (Phi) is 4.77. The standard InChI is InChI=1S/C23H22O5/c1-27-22(25)23(26)14-18(21-19(24)8-5-9-20(21)28-23)17-12-10-16(11-13-17)15-6-3-2-4-7-15/h2-4,6-7,10-13,18,26H,5,8-9,14H2,1H3/t18-,23?/m0/s1. The fourth-order valence-corrected chi connectivity index (χ4v) is 4.06. The number of benzene rings is 2. The van der Waals surface area contributed by atoms with E-state index in [2.05, 4.69) is 0 Å². The van der Waals surface area contributed by atoms with E-state index in [0.29, 0.717) is 30.6 Å². The Bertz CT molecular complexity index is 929. The van der Waals surface area contributed by atoms with Crippen LogP contribution in [0, 0.1) is 0 Å². The summed E-state index contributed by atoms with van der Waals surface area (Å²) in [5.41, 5.74) is 3.60. The maximum Gasteiger partial charge on any atom is 0.379 e. The number of allylic oxidation sites excluding steroid dienone is 2. The molecular weight excluding hydrogens is 356 g/mol. The van der Waals surface area contributed by atoms with Crippen LogP contribution in [0.15, 0.2) is 65.9 Å². The minimum atomic E-state index is -2.08. The maximum atomic E-state index is 12.6. The van der Waals surface area contributed by atoms with Gasteiger partial charge in [0.25, 0.3) is 0 Å². The lowest BCUT2D eigenvalue weighted by atomic mass is 9.77. The van der Waals surface area contributed by atoms with Gasteiger partial charge in [0, 0.05) is 30.8 Å². The van der Waals surface area contributed by atoms with Crippen LogP contribution in [0.3, 0.4) is 0 Å². The van der Waals surface area contributed by atoms with Crippen molar-refractivity contribution < 1.29 is 24.2 Å². The monoisotopic (exact) mass is 378 g/mol. The lowest BCUT2D eigenvalue weighted by molar-refractivity contribution is -0.222. The van der Waals surface area contributed by atoms with Gasteiger partial charge in [-0.2, -0.15) is 0 Å². The molecule has 4 rings (SSSR count). The molecule has 5 nitrogen and oxygen atoms in total. The van der Waals surface area contributed by atoms with Crippen LogP contribution < -0.4 is 0 Å². The lowest BCUT2D eigenvalue weighted by Crippen LogP contribution is -2.47. The molecule has 0 amide bonds. The third-order valence-electron chi connectivity index (χ3n) is 5.45. The van der Waals surface area contributed by atoms with Gasteiger partial charge in [-0.1, -0.05) is 54.6 Å². The van der Waals surface area contributed by atoms with Crippen molar-refractivity contribution in [1.29, 1.82) is 0 Å². The number of hydrogen-bond donors (Lipinski definition) is 1. The van der Waals surface area contributed by atoms with Gasteiger partial charge >= 0.3 is 11.8 Å². The summed E-state index contributed by atoms with van der Waals surface area (Å²) in [6.07, 6.45) is 1.58. The van der Waals surface area contributed by atoms with Gasteiger partial charge in [-0.3, -0.25) is 4.79 Å². The molecule has 1 unspecified atom stereocenters. The largest absolute Gasteiger partial charge is 0.464 e. The SMILES string of the molecule is COC(=O)C1(O)C[C@@H](c2ccc(-c3ccccc3)cc2)C2=C(CCCC2=O)O1. The third-order valence-corrected chi connectivity index (χ3v) is 5.45. The van der Waals surface area contributed by atoms with Gasteiger partial charge in [0.2, 0.25) is 0 Å². The molecule has 1 aliphatic heterocycles. The van der Waals surface area contributed by atoms with Gasteiger partial charge in [0.15, 0.2) is 5.78 Å². The zero-order chi connectivity index (χ0) is 19.7. The fourth-order valence-electron chi connectivity index (χ4n) is 4.06. The highest BCUT2D eigenvalue weighted by Crippen LogP contribution is 2.45. The number of carbonyl (C=O) groups excluding carboxylic acids is 2. The first-order valence-electron chi connectivity index (χ1n) is 9.43. The Balaban J connectivity index is 1.73. The summed E-state index contributed by atoms with van der Waals surface area (Å²) in [5.74, 6) is -2.90. The minimum Gasteiger partial charge on any atom is -0.464 e. The van der Waals surface area contributed by atoms with Crippen LogP contribution in [-0.2, 0) is 19.1 Å². The number of rotatable bonds is 3. The van der Waals surface area contributed by atoms with E-state index >= 15 is 0 Å². The Morgan fingerprint density at radius 1 is 1.07 bits per heavy atom. The molecule has 1 aliphatic carbocycles. The highest BCUT2D eigenvalue weighted by atomic mass is 16.7. The van der Waals surface area contributed by atoms with Crippen LogP contribution in [0.25, 0.3) is 11.1 Å². The van der Waals surface area contributed by atoms with Gasteiger partial charge in [0.05, 0.1) is 7.11 Å². The third kappa shape index (κ3) is 3.22. The van der Waals surface area contributed by atoms with Crippen molar-refractivity contribution in [3.05, 3.63) is 71.5 Å². The number of Topliss-reactive ketones (excluding diaryl/α,β-unsaturated/α-hetero) is 1. The molecule has 2 aromatic rings. The number of carbonyl (C=O) groups is 2.